The largest absolute Gasteiger partial charge is 0.356 e. The minimum absolute atomic E-state index is 0.681. The number of halogens is 1. The quantitative estimate of drug-likeness (QED) is 0.896. The lowest BCUT2D eigenvalue weighted by Gasteiger charge is -2.03. The third kappa shape index (κ3) is 3.41. The zero-order valence-electron chi connectivity index (χ0n) is 9.61. The Bertz CT molecular complexity index is 484. The third-order valence-electron chi connectivity index (χ3n) is 2.33. The lowest BCUT2D eigenvalue weighted by molar-refractivity contribution is 0.861. The van der Waals surface area contributed by atoms with Crippen molar-refractivity contribution >= 4 is 28.3 Å². The van der Waals surface area contributed by atoms with E-state index in [9.17, 15) is 0 Å². The van der Waals surface area contributed by atoms with Gasteiger partial charge in [0.25, 0.3) is 0 Å². The Morgan fingerprint density at radius 2 is 2.18 bits per heavy atom. The van der Waals surface area contributed by atoms with E-state index in [2.05, 4.69) is 21.6 Å². The van der Waals surface area contributed by atoms with Gasteiger partial charge in [0.2, 0.25) is 5.13 Å². The molecule has 1 heterocycles. The van der Waals surface area contributed by atoms with Crippen molar-refractivity contribution in [2.45, 2.75) is 26.3 Å². The SMILES string of the molecule is CCCc1nsc(NCc2ccccc2Cl)n1. The first-order chi connectivity index (χ1) is 8.29. The van der Waals surface area contributed by atoms with Gasteiger partial charge in [-0.05, 0) is 18.1 Å². The van der Waals surface area contributed by atoms with Gasteiger partial charge < -0.3 is 5.32 Å². The van der Waals surface area contributed by atoms with E-state index in [0.29, 0.717) is 6.54 Å². The van der Waals surface area contributed by atoms with E-state index in [0.717, 1.165) is 34.4 Å². The van der Waals surface area contributed by atoms with Gasteiger partial charge in [-0.3, -0.25) is 0 Å². The normalized spacial score (nSPS) is 10.5. The first-order valence-corrected chi connectivity index (χ1v) is 6.74. The highest BCUT2D eigenvalue weighted by Gasteiger charge is 2.04. The molecule has 0 radical (unpaired) electrons. The second-order valence-electron chi connectivity index (χ2n) is 3.71. The number of hydrogen-bond donors (Lipinski definition) is 1. The topological polar surface area (TPSA) is 37.8 Å². The van der Waals surface area contributed by atoms with Gasteiger partial charge in [0, 0.05) is 29.5 Å². The van der Waals surface area contributed by atoms with Crippen LogP contribution in [0.15, 0.2) is 24.3 Å². The highest BCUT2D eigenvalue weighted by molar-refractivity contribution is 7.09. The number of rotatable bonds is 5. The molecule has 0 aliphatic carbocycles. The summed E-state index contributed by atoms with van der Waals surface area (Å²) < 4.78 is 4.28. The van der Waals surface area contributed by atoms with Crippen LogP contribution in [0.3, 0.4) is 0 Å². The third-order valence-corrected chi connectivity index (χ3v) is 3.41. The van der Waals surface area contributed by atoms with Crippen LogP contribution in [0.2, 0.25) is 5.02 Å². The molecule has 90 valence electrons. The van der Waals surface area contributed by atoms with Crippen molar-refractivity contribution in [1.82, 2.24) is 9.36 Å². The van der Waals surface area contributed by atoms with E-state index in [1.165, 1.54) is 11.5 Å². The molecule has 2 rings (SSSR count). The summed E-state index contributed by atoms with van der Waals surface area (Å²) >= 11 is 7.47. The predicted molar refractivity (Wildman–Crippen MR) is 72.7 cm³/mol. The molecule has 0 saturated carbocycles. The Balaban J connectivity index is 1.95. The van der Waals surface area contributed by atoms with Crippen LogP contribution < -0.4 is 5.32 Å². The van der Waals surface area contributed by atoms with Crippen molar-refractivity contribution in [2.24, 2.45) is 0 Å². The lowest BCUT2D eigenvalue weighted by atomic mass is 10.2. The van der Waals surface area contributed by atoms with Gasteiger partial charge in [-0.2, -0.15) is 4.37 Å². The fourth-order valence-electron chi connectivity index (χ4n) is 1.46. The molecule has 3 nitrogen and oxygen atoms in total. The molecule has 0 spiro atoms. The van der Waals surface area contributed by atoms with Crippen LogP contribution in [0.4, 0.5) is 5.13 Å². The highest BCUT2D eigenvalue weighted by Crippen LogP contribution is 2.18. The standard InChI is InChI=1S/C12H14ClN3S/c1-2-5-11-15-12(17-16-11)14-8-9-6-3-4-7-10(9)13/h3-4,6-7H,2,5,8H2,1H3,(H,14,15,16). The summed E-state index contributed by atoms with van der Waals surface area (Å²) in [5, 5.41) is 4.87. The number of anilines is 1. The Kier molecular flexibility index (Phi) is 4.34. The summed E-state index contributed by atoms with van der Waals surface area (Å²) in [5.41, 5.74) is 1.07. The van der Waals surface area contributed by atoms with Crippen LogP contribution in [0.5, 0.6) is 0 Å². The zero-order valence-corrected chi connectivity index (χ0v) is 11.2. The zero-order chi connectivity index (χ0) is 12.1. The summed E-state index contributed by atoms with van der Waals surface area (Å²) in [7, 11) is 0. The predicted octanol–water partition coefficient (Wildman–Crippen LogP) is 3.76. The van der Waals surface area contributed by atoms with Gasteiger partial charge >= 0.3 is 0 Å². The van der Waals surface area contributed by atoms with Gasteiger partial charge in [-0.15, -0.1) is 0 Å². The van der Waals surface area contributed by atoms with Crippen molar-refractivity contribution in [3.8, 4) is 0 Å². The fraction of sp³-hybridized carbons (Fsp3) is 0.333. The highest BCUT2D eigenvalue weighted by atomic mass is 35.5. The molecule has 1 aromatic heterocycles. The van der Waals surface area contributed by atoms with Gasteiger partial charge in [0.1, 0.15) is 5.82 Å². The molecular weight excluding hydrogens is 254 g/mol. The van der Waals surface area contributed by atoms with Gasteiger partial charge in [0.15, 0.2) is 0 Å². The fourth-order valence-corrected chi connectivity index (χ4v) is 2.27. The summed E-state index contributed by atoms with van der Waals surface area (Å²) in [5.74, 6) is 0.916. The van der Waals surface area contributed by atoms with Crippen molar-refractivity contribution in [3.05, 3.63) is 40.7 Å². The van der Waals surface area contributed by atoms with Crippen LogP contribution >= 0.6 is 23.1 Å². The van der Waals surface area contributed by atoms with Crippen LogP contribution in [0, 0.1) is 0 Å². The first kappa shape index (κ1) is 12.3. The molecule has 0 bridgehead atoms. The molecule has 2 aromatic rings. The van der Waals surface area contributed by atoms with Crippen molar-refractivity contribution < 1.29 is 0 Å². The Morgan fingerprint density at radius 3 is 2.94 bits per heavy atom. The van der Waals surface area contributed by atoms with E-state index in [-0.39, 0.29) is 0 Å². The lowest BCUT2D eigenvalue weighted by Crippen LogP contribution is -1.99. The minimum Gasteiger partial charge on any atom is -0.356 e. The Labute approximate surface area is 110 Å². The molecule has 0 unspecified atom stereocenters. The average Bonchev–Trinajstić information content (AvgIpc) is 2.76. The van der Waals surface area contributed by atoms with E-state index in [4.69, 9.17) is 11.6 Å². The average molecular weight is 268 g/mol. The second kappa shape index (κ2) is 5.98. The maximum absolute atomic E-state index is 6.07. The molecule has 1 aromatic carbocycles. The number of nitrogens with zero attached hydrogens (tertiary/aromatic N) is 2. The van der Waals surface area contributed by atoms with E-state index >= 15 is 0 Å². The summed E-state index contributed by atoms with van der Waals surface area (Å²) in [6.07, 6.45) is 2.00. The number of aromatic nitrogens is 2. The van der Waals surface area contributed by atoms with Gasteiger partial charge in [0.05, 0.1) is 0 Å². The molecule has 0 atom stereocenters. The molecular formula is C12H14ClN3S. The molecule has 0 amide bonds. The Morgan fingerprint density at radius 1 is 1.35 bits per heavy atom. The van der Waals surface area contributed by atoms with Gasteiger partial charge in [-0.1, -0.05) is 36.7 Å². The van der Waals surface area contributed by atoms with Crippen molar-refractivity contribution in [1.29, 1.82) is 0 Å². The number of hydrogen-bond acceptors (Lipinski definition) is 4. The van der Waals surface area contributed by atoms with Crippen molar-refractivity contribution in [2.75, 3.05) is 5.32 Å². The van der Waals surface area contributed by atoms with Crippen LogP contribution in [-0.4, -0.2) is 9.36 Å². The van der Waals surface area contributed by atoms with E-state index < -0.39 is 0 Å². The van der Waals surface area contributed by atoms with Crippen LogP contribution in [0.25, 0.3) is 0 Å². The summed E-state index contributed by atoms with van der Waals surface area (Å²) in [4.78, 5) is 4.40. The summed E-state index contributed by atoms with van der Waals surface area (Å²) in [6.45, 7) is 2.80. The summed E-state index contributed by atoms with van der Waals surface area (Å²) in [6, 6.07) is 7.80. The molecule has 17 heavy (non-hydrogen) atoms. The molecule has 5 heteroatoms. The molecule has 0 fully saturated rings. The Hall–Kier alpha value is -1.13. The number of nitrogens with one attached hydrogen (secondary N) is 1. The smallest absolute Gasteiger partial charge is 0.202 e. The molecule has 0 aliphatic rings. The molecule has 0 aliphatic heterocycles. The maximum atomic E-state index is 6.07. The second-order valence-corrected chi connectivity index (χ2v) is 4.87. The monoisotopic (exact) mass is 267 g/mol. The van der Waals surface area contributed by atoms with Crippen molar-refractivity contribution in [3.63, 3.8) is 0 Å². The van der Waals surface area contributed by atoms with Gasteiger partial charge in [-0.25, -0.2) is 4.98 Å². The van der Waals surface area contributed by atoms with Crippen LogP contribution in [0.1, 0.15) is 24.7 Å². The van der Waals surface area contributed by atoms with Crippen LogP contribution in [-0.2, 0) is 13.0 Å². The maximum Gasteiger partial charge on any atom is 0.202 e. The molecule has 1 N–H and O–H groups in total. The number of aryl methyl sites for hydroxylation is 1. The number of benzene rings is 1. The minimum atomic E-state index is 0.681. The first-order valence-electron chi connectivity index (χ1n) is 5.59. The van der Waals surface area contributed by atoms with E-state index in [1.807, 2.05) is 24.3 Å². The van der Waals surface area contributed by atoms with E-state index in [1.54, 1.807) is 0 Å². The molecule has 0 saturated heterocycles.